The highest BCUT2D eigenvalue weighted by atomic mass is 16.1. The Labute approximate surface area is 148 Å². The van der Waals surface area contributed by atoms with Gasteiger partial charge >= 0.3 is 0 Å². The summed E-state index contributed by atoms with van der Waals surface area (Å²) in [5, 5.41) is 11.1. The van der Waals surface area contributed by atoms with Gasteiger partial charge in [0.1, 0.15) is 0 Å². The lowest BCUT2D eigenvalue weighted by molar-refractivity contribution is 0.102. The van der Waals surface area contributed by atoms with Gasteiger partial charge in [0.05, 0.1) is 0 Å². The molecule has 2 heterocycles. The molecule has 1 aromatic carbocycles. The van der Waals surface area contributed by atoms with Gasteiger partial charge in [0.2, 0.25) is 0 Å². The quantitative estimate of drug-likeness (QED) is 0.876. The van der Waals surface area contributed by atoms with Crippen LogP contribution in [0.15, 0.2) is 36.4 Å². The molecule has 1 amide bonds. The van der Waals surface area contributed by atoms with Crippen LogP contribution in [0.4, 0.5) is 17.2 Å². The average Bonchev–Trinajstić information content (AvgIpc) is 3.19. The molecule has 0 bridgehead atoms. The fourth-order valence-electron chi connectivity index (χ4n) is 3.10. The zero-order chi connectivity index (χ0) is 17.6. The van der Waals surface area contributed by atoms with E-state index < -0.39 is 0 Å². The molecule has 3 rings (SSSR count). The van der Waals surface area contributed by atoms with Gasteiger partial charge in [0, 0.05) is 37.6 Å². The lowest BCUT2D eigenvalue weighted by atomic mass is 10.2. The maximum atomic E-state index is 12.3. The van der Waals surface area contributed by atoms with Gasteiger partial charge in [-0.25, -0.2) is 0 Å². The van der Waals surface area contributed by atoms with E-state index in [9.17, 15) is 4.79 Å². The molecule has 0 spiro atoms. The Bertz CT molecular complexity index is 689. The zero-order valence-electron chi connectivity index (χ0n) is 14.9. The van der Waals surface area contributed by atoms with Gasteiger partial charge < -0.3 is 15.1 Å². The smallest absolute Gasteiger partial charge is 0.276 e. The Morgan fingerprint density at radius 2 is 1.72 bits per heavy atom. The van der Waals surface area contributed by atoms with Crippen molar-refractivity contribution >= 4 is 23.1 Å². The summed E-state index contributed by atoms with van der Waals surface area (Å²) in [4.78, 5) is 16.8. The minimum Gasteiger partial charge on any atom is -0.372 e. The van der Waals surface area contributed by atoms with E-state index in [0.29, 0.717) is 5.69 Å². The molecule has 1 aromatic heterocycles. The van der Waals surface area contributed by atoms with Crippen molar-refractivity contribution in [1.29, 1.82) is 0 Å². The first kappa shape index (κ1) is 17.2. The van der Waals surface area contributed by atoms with Crippen LogP contribution in [0.25, 0.3) is 0 Å². The molecule has 0 unspecified atom stereocenters. The van der Waals surface area contributed by atoms with Crippen molar-refractivity contribution in [1.82, 2.24) is 10.2 Å². The fourth-order valence-corrected chi connectivity index (χ4v) is 3.10. The molecule has 25 heavy (non-hydrogen) atoms. The number of carbonyl (C=O) groups is 1. The van der Waals surface area contributed by atoms with Gasteiger partial charge in [-0.1, -0.05) is 0 Å². The molecule has 1 aliphatic heterocycles. The fraction of sp³-hybridized carbons (Fsp3) is 0.421. The lowest BCUT2D eigenvalue weighted by Gasteiger charge is -2.21. The second-order valence-electron chi connectivity index (χ2n) is 6.14. The van der Waals surface area contributed by atoms with Crippen molar-refractivity contribution in [3.8, 4) is 0 Å². The summed E-state index contributed by atoms with van der Waals surface area (Å²) in [5.41, 5.74) is 2.24. The van der Waals surface area contributed by atoms with E-state index in [4.69, 9.17) is 0 Å². The number of nitrogens with zero attached hydrogens (tertiary/aromatic N) is 4. The summed E-state index contributed by atoms with van der Waals surface area (Å²) in [7, 11) is 0. The normalized spacial score (nSPS) is 13.8. The van der Waals surface area contributed by atoms with E-state index in [0.717, 1.165) is 43.4 Å². The first-order valence-electron chi connectivity index (χ1n) is 8.96. The summed E-state index contributed by atoms with van der Waals surface area (Å²) >= 11 is 0. The molecule has 132 valence electrons. The lowest BCUT2D eigenvalue weighted by Crippen LogP contribution is -2.22. The third-order valence-corrected chi connectivity index (χ3v) is 4.57. The van der Waals surface area contributed by atoms with E-state index in [1.807, 2.05) is 30.3 Å². The van der Waals surface area contributed by atoms with Gasteiger partial charge in [-0.3, -0.25) is 4.79 Å². The predicted molar refractivity (Wildman–Crippen MR) is 101 cm³/mol. The van der Waals surface area contributed by atoms with Crippen LogP contribution >= 0.6 is 0 Å². The van der Waals surface area contributed by atoms with Gasteiger partial charge in [-0.2, -0.15) is 0 Å². The molecule has 1 aliphatic rings. The first-order valence-corrected chi connectivity index (χ1v) is 8.96. The van der Waals surface area contributed by atoms with Gasteiger partial charge in [0.15, 0.2) is 11.5 Å². The largest absolute Gasteiger partial charge is 0.372 e. The Hall–Kier alpha value is -2.63. The number of hydrogen-bond donors (Lipinski definition) is 1. The van der Waals surface area contributed by atoms with Crippen molar-refractivity contribution < 1.29 is 4.79 Å². The standard InChI is InChI=1S/C19H25N5O/c1-3-23(4-2)16-9-7-15(8-10-16)20-19(25)17-11-12-18(22-21-17)24-13-5-6-14-24/h7-12H,3-6,13-14H2,1-2H3,(H,20,25). The topological polar surface area (TPSA) is 61.4 Å². The molecular formula is C19H25N5O. The van der Waals surface area contributed by atoms with Crippen LogP contribution < -0.4 is 15.1 Å². The number of benzene rings is 1. The molecular weight excluding hydrogens is 314 g/mol. The van der Waals surface area contributed by atoms with E-state index in [2.05, 4.69) is 39.2 Å². The summed E-state index contributed by atoms with van der Waals surface area (Å²) in [6.45, 7) is 8.20. The van der Waals surface area contributed by atoms with Crippen LogP contribution in [-0.2, 0) is 0 Å². The molecule has 1 fully saturated rings. The van der Waals surface area contributed by atoms with Gasteiger partial charge in [-0.15, -0.1) is 10.2 Å². The van der Waals surface area contributed by atoms with Crippen LogP contribution in [0.3, 0.4) is 0 Å². The molecule has 6 nitrogen and oxygen atoms in total. The van der Waals surface area contributed by atoms with Crippen molar-refractivity contribution in [2.75, 3.05) is 41.3 Å². The molecule has 0 atom stereocenters. The minimum atomic E-state index is -0.240. The van der Waals surface area contributed by atoms with Crippen LogP contribution in [0.2, 0.25) is 0 Å². The van der Waals surface area contributed by atoms with Crippen LogP contribution in [0.1, 0.15) is 37.2 Å². The predicted octanol–water partition coefficient (Wildman–Crippen LogP) is 3.18. The van der Waals surface area contributed by atoms with Crippen LogP contribution in [-0.4, -0.2) is 42.3 Å². The molecule has 0 saturated carbocycles. The summed E-state index contributed by atoms with van der Waals surface area (Å²) in [6, 6.07) is 11.5. The second-order valence-corrected chi connectivity index (χ2v) is 6.14. The number of anilines is 3. The van der Waals surface area contributed by atoms with Gasteiger partial charge in [0.25, 0.3) is 5.91 Å². The Morgan fingerprint density at radius 1 is 1.04 bits per heavy atom. The average molecular weight is 339 g/mol. The van der Waals surface area contributed by atoms with Crippen LogP contribution in [0, 0.1) is 0 Å². The number of carbonyl (C=O) groups excluding carboxylic acids is 1. The van der Waals surface area contributed by atoms with E-state index >= 15 is 0 Å². The number of nitrogens with one attached hydrogen (secondary N) is 1. The van der Waals surface area contributed by atoms with Crippen molar-refractivity contribution in [2.45, 2.75) is 26.7 Å². The van der Waals surface area contributed by atoms with Crippen LogP contribution in [0.5, 0.6) is 0 Å². The maximum absolute atomic E-state index is 12.3. The highest BCUT2D eigenvalue weighted by Gasteiger charge is 2.15. The molecule has 1 N–H and O–H groups in total. The van der Waals surface area contributed by atoms with Gasteiger partial charge in [-0.05, 0) is 63.1 Å². The molecule has 6 heteroatoms. The summed E-state index contributed by atoms with van der Waals surface area (Å²) in [5.74, 6) is 0.605. The Kier molecular flexibility index (Phi) is 5.48. The monoisotopic (exact) mass is 339 g/mol. The third-order valence-electron chi connectivity index (χ3n) is 4.57. The summed E-state index contributed by atoms with van der Waals surface area (Å²) < 4.78 is 0. The first-order chi connectivity index (χ1) is 12.2. The zero-order valence-corrected chi connectivity index (χ0v) is 14.9. The SMILES string of the molecule is CCN(CC)c1ccc(NC(=O)c2ccc(N3CCCC3)nn2)cc1. The molecule has 0 aliphatic carbocycles. The Balaban J connectivity index is 1.63. The molecule has 1 saturated heterocycles. The number of hydrogen-bond acceptors (Lipinski definition) is 5. The Morgan fingerprint density at radius 3 is 2.28 bits per heavy atom. The van der Waals surface area contributed by atoms with E-state index in [1.165, 1.54) is 12.8 Å². The number of amides is 1. The molecule has 0 radical (unpaired) electrons. The highest BCUT2D eigenvalue weighted by Crippen LogP contribution is 2.19. The van der Waals surface area contributed by atoms with Crippen molar-refractivity contribution in [3.63, 3.8) is 0 Å². The molecule has 2 aromatic rings. The van der Waals surface area contributed by atoms with Crippen molar-refractivity contribution in [3.05, 3.63) is 42.1 Å². The second kappa shape index (κ2) is 7.96. The van der Waals surface area contributed by atoms with Crippen molar-refractivity contribution in [2.24, 2.45) is 0 Å². The summed E-state index contributed by atoms with van der Waals surface area (Å²) in [6.07, 6.45) is 2.38. The third kappa shape index (κ3) is 4.07. The highest BCUT2D eigenvalue weighted by molar-refractivity contribution is 6.02. The number of aromatic nitrogens is 2. The van der Waals surface area contributed by atoms with E-state index in [1.54, 1.807) is 6.07 Å². The van der Waals surface area contributed by atoms with E-state index in [-0.39, 0.29) is 5.91 Å². The number of rotatable bonds is 6. The maximum Gasteiger partial charge on any atom is 0.276 e. The minimum absolute atomic E-state index is 0.240.